The number of hydrazone groups is 1. The fraction of sp³-hybridized carbons (Fsp3) is 0.385. The van der Waals surface area contributed by atoms with E-state index in [4.69, 9.17) is 22.4 Å². The molecule has 0 aliphatic rings. The molecule has 4 atom stereocenters. The molecule has 1 rings (SSSR count). The molecular weight excluding hydrogens is 296 g/mol. The van der Waals surface area contributed by atoms with Crippen molar-refractivity contribution in [1.29, 1.82) is 0 Å². The van der Waals surface area contributed by atoms with Crippen LogP contribution in [0.5, 0.6) is 0 Å². The third-order valence-electron chi connectivity index (χ3n) is 2.71. The summed E-state index contributed by atoms with van der Waals surface area (Å²) < 4.78 is 0. The van der Waals surface area contributed by atoms with E-state index in [9.17, 15) is 15.3 Å². The normalized spacial score (nSPS) is 17.2. The van der Waals surface area contributed by atoms with Gasteiger partial charge in [-0.3, -0.25) is 5.43 Å². The maximum Gasteiger partial charge on any atom is 0.126 e. The van der Waals surface area contributed by atoms with E-state index in [1.165, 1.54) is 0 Å². The van der Waals surface area contributed by atoms with E-state index in [1.807, 2.05) is 6.07 Å². The van der Waals surface area contributed by atoms with E-state index in [0.717, 1.165) is 11.8 Å². The van der Waals surface area contributed by atoms with Gasteiger partial charge in [0.15, 0.2) is 0 Å². The summed E-state index contributed by atoms with van der Waals surface area (Å²) in [6, 6.07) is 8.99. The fourth-order valence-corrected chi connectivity index (χ4v) is 1.64. The largest absolute Gasteiger partial charge is 0.394 e. The Kier molecular flexibility index (Phi) is 7.37. The summed E-state index contributed by atoms with van der Waals surface area (Å²) >= 11 is 5.06. The Morgan fingerprint density at radius 2 is 1.76 bits per heavy atom. The predicted molar refractivity (Wildman–Crippen MR) is 80.9 cm³/mol. The van der Waals surface area contributed by atoms with E-state index in [-0.39, 0.29) is 0 Å². The predicted octanol–water partition coefficient (Wildman–Crippen LogP) is -1.63. The molecule has 1 aromatic rings. The number of hydrogen-bond donors (Lipinski definition) is 6. The van der Waals surface area contributed by atoms with Crippen LogP contribution in [0.2, 0.25) is 0 Å². The number of hydrogen-bond acceptors (Lipinski definition) is 7. The molecule has 0 heterocycles. The fourth-order valence-electron chi connectivity index (χ4n) is 1.45. The molecule has 0 unspecified atom stereocenters. The van der Waals surface area contributed by atoms with Gasteiger partial charge in [0.1, 0.15) is 29.4 Å². The standard InChI is InChI=1S/C13H18N2O5S/c16-7-10(18)12(20)11(19)9(17)6-14-15-13(21)8-4-2-1-3-5-8/h1-6,9-12,16-20H,7H2,(H,15,21)/t9-,10+,11+,12+/m0/s1. The number of aliphatic hydroxyl groups excluding tert-OH is 5. The zero-order valence-corrected chi connectivity index (χ0v) is 11.9. The van der Waals surface area contributed by atoms with E-state index in [1.54, 1.807) is 24.3 Å². The Morgan fingerprint density at radius 3 is 2.33 bits per heavy atom. The van der Waals surface area contributed by atoms with Crippen molar-refractivity contribution in [2.75, 3.05) is 6.61 Å². The third-order valence-corrected chi connectivity index (χ3v) is 3.04. The number of nitrogens with zero attached hydrogens (tertiary/aromatic N) is 1. The van der Waals surface area contributed by atoms with Crippen LogP contribution in [0.15, 0.2) is 35.4 Å². The molecule has 0 aliphatic carbocycles. The molecule has 0 aromatic heterocycles. The van der Waals surface area contributed by atoms with Crippen molar-refractivity contribution in [3.63, 3.8) is 0 Å². The second kappa shape index (κ2) is 8.78. The minimum Gasteiger partial charge on any atom is -0.394 e. The lowest BCUT2D eigenvalue weighted by atomic mass is 10.0. The Bertz CT molecular complexity index is 471. The van der Waals surface area contributed by atoms with E-state index in [0.29, 0.717) is 4.99 Å². The number of thiocarbonyl (C=S) groups is 1. The summed E-state index contributed by atoms with van der Waals surface area (Å²) in [5, 5.41) is 50.0. The van der Waals surface area contributed by atoms with Crippen LogP contribution in [0.3, 0.4) is 0 Å². The highest BCUT2D eigenvalue weighted by molar-refractivity contribution is 7.80. The first-order valence-electron chi connectivity index (χ1n) is 6.19. The summed E-state index contributed by atoms with van der Waals surface area (Å²) in [6.07, 6.45) is -5.54. The van der Waals surface area contributed by atoms with Gasteiger partial charge in [0.05, 0.1) is 12.8 Å². The maximum absolute atomic E-state index is 9.58. The Hall–Kier alpha value is -1.42. The van der Waals surface area contributed by atoms with Crippen LogP contribution in [0.4, 0.5) is 0 Å². The smallest absolute Gasteiger partial charge is 0.126 e. The topological polar surface area (TPSA) is 126 Å². The van der Waals surface area contributed by atoms with Crippen LogP contribution in [-0.4, -0.2) is 67.8 Å². The zero-order valence-electron chi connectivity index (χ0n) is 11.1. The molecule has 21 heavy (non-hydrogen) atoms. The summed E-state index contributed by atoms with van der Waals surface area (Å²) in [6.45, 7) is -0.738. The van der Waals surface area contributed by atoms with Gasteiger partial charge in [0, 0.05) is 5.56 Å². The molecule has 0 amide bonds. The molecule has 0 radical (unpaired) electrons. The Morgan fingerprint density at radius 1 is 1.14 bits per heavy atom. The first-order chi connectivity index (χ1) is 9.97. The van der Waals surface area contributed by atoms with Gasteiger partial charge in [-0.1, -0.05) is 42.5 Å². The highest BCUT2D eigenvalue weighted by atomic mass is 32.1. The molecule has 8 heteroatoms. The number of rotatable bonds is 7. The van der Waals surface area contributed by atoms with Crippen LogP contribution in [0.25, 0.3) is 0 Å². The zero-order chi connectivity index (χ0) is 15.8. The maximum atomic E-state index is 9.58. The summed E-state index contributed by atoms with van der Waals surface area (Å²) in [7, 11) is 0. The quantitative estimate of drug-likeness (QED) is 0.203. The van der Waals surface area contributed by atoms with Crippen LogP contribution < -0.4 is 5.43 Å². The van der Waals surface area contributed by atoms with Crippen molar-refractivity contribution in [2.45, 2.75) is 24.4 Å². The lowest BCUT2D eigenvalue weighted by Gasteiger charge is -2.23. The minimum atomic E-state index is -1.70. The van der Waals surface area contributed by atoms with Gasteiger partial charge in [-0.25, -0.2) is 0 Å². The summed E-state index contributed by atoms with van der Waals surface area (Å²) in [4.78, 5) is 0.324. The van der Waals surface area contributed by atoms with Gasteiger partial charge in [-0.15, -0.1) is 0 Å². The SMILES string of the molecule is OC[C@@H](O)[C@@H](O)[C@H](O)[C@@H](O)C=NNC(=S)c1ccccc1. The molecular formula is C13H18N2O5S. The molecule has 7 nitrogen and oxygen atoms in total. The summed E-state index contributed by atoms with van der Waals surface area (Å²) in [5.74, 6) is 0. The van der Waals surface area contributed by atoms with Crippen LogP contribution in [0.1, 0.15) is 5.56 Å². The molecule has 0 saturated heterocycles. The molecule has 0 spiro atoms. The van der Waals surface area contributed by atoms with Crippen molar-refractivity contribution in [2.24, 2.45) is 5.10 Å². The van der Waals surface area contributed by atoms with Crippen LogP contribution in [0, 0.1) is 0 Å². The molecule has 6 N–H and O–H groups in total. The second-order valence-corrected chi connectivity index (χ2v) is 4.72. The molecule has 0 saturated carbocycles. The second-order valence-electron chi connectivity index (χ2n) is 4.31. The highest BCUT2D eigenvalue weighted by Crippen LogP contribution is 2.04. The van der Waals surface area contributed by atoms with Crippen molar-refractivity contribution in [3.05, 3.63) is 35.9 Å². The van der Waals surface area contributed by atoms with E-state index < -0.39 is 31.0 Å². The minimum absolute atomic E-state index is 0.324. The molecule has 0 bridgehead atoms. The Balaban J connectivity index is 2.51. The first-order valence-corrected chi connectivity index (χ1v) is 6.60. The van der Waals surface area contributed by atoms with E-state index in [2.05, 4.69) is 10.5 Å². The third kappa shape index (κ3) is 5.46. The van der Waals surface area contributed by atoms with E-state index >= 15 is 0 Å². The number of benzene rings is 1. The van der Waals surface area contributed by atoms with Gasteiger partial charge in [0.2, 0.25) is 0 Å². The molecule has 0 aliphatic heterocycles. The van der Waals surface area contributed by atoms with Gasteiger partial charge in [-0.05, 0) is 0 Å². The number of nitrogens with one attached hydrogen (secondary N) is 1. The van der Waals surface area contributed by atoms with Crippen molar-refractivity contribution < 1.29 is 25.5 Å². The molecule has 0 fully saturated rings. The average molecular weight is 314 g/mol. The van der Waals surface area contributed by atoms with Gasteiger partial charge in [-0.2, -0.15) is 5.10 Å². The Labute approximate surface area is 127 Å². The molecule has 116 valence electrons. The first kappa shape index (κ1) is 17.6. The lowest BCUT2D eigenvalue weighted by Crippen LogP contribution is -2.46. The highest BCUT2D eigenvalue weighted by Gasteiger charge is 2.29. The van der Waals surface area contributed by atoms with Gasteiger partial charge >= 0.3 is 0 Å². The van der Waals surface area contributed by atoms with Crippen LogP contribution in [-0.2, 0) is 0 Å². The van der Waals surface area contributed by atoms with Crippen molar-refractivity contribution >= 4 is 23.4 Å². The van der Waals surface area contributed by atoms with Crippen molar-refractivity contribution in [3.8, 4) is 0 Å². The lowest BCUT2D eigenvalue weighted by molar-refractivity contribution is -0.0999. The average Bonchev–Trinajstić information content (AvgIpc) is 2.53. The number of aliphatic hydroxyl groups is 5. The van der Waals surface area contributed by atoms with Crippen LogP contribution >= 0.6 is 12.2 Å². The monoisotopic (exact) mass is 314 g/mol. The van der Waals surface area contributed by atoms with Crippen molar-refractivity contribution in [1.82, 2.24) is 5.43 Å². The van der Waals surface area contributed by atoms with Gasteiger partial charge in [0.25, 0.3) is 0 Å². The summed E-state index contributed by atoms with van der Waals surface area (Å²) in [5.41, 5.74) is 3.23. The molecule has 1 aromatic carbocycles. The van der Waals surface area contributed by atoms with Gasteiger partial charge < -0.3 is 25.5 Å².